The molecule has 0 N–H and O–H groups in total. The molecule has 0 aromatic carbocycles. The van der Waals surface area contributed by atoms with Crippen LogP contribution < -0.4 is 0 Å². The molecule has 3 heterocycles. The normalized spacial score (nSPS) is 44.9. The largest absolute Gasteiger partial charge is 0.472 e. The molecule has 4 rings (SSSR count). The zero-order valence-electron chi connectivity index (χ0n) is 11.0. The van der Waals surface area contributed by atoms with E-state index in [0.29, 0.717) is 17.6 Å². The van der Waals surface area contributed by atoms with Gasteiger partial charge in [-0.25, -0.2) is 9.59 Å². The number of carbonyl (C=O) groups excluding carboxylic acids is 2. The fraction of sp³-hybridized carbons (Fsp3) is 0.467. The van der Waals surface area contributed by atoms with Gasteiger partial charge >= 0.3 is 11.9 Å². The highest BCUT2D eigenvalue weighted by molar-refractivity contribution is 5.94. The molecule has 0 aromatic rings. The van der Waals surface area contributed by atoms with Crippen LogP contribution in [0.5, 0.6) is 0 Å². The van der Waals surface area contributed by atoms with Crippen LogP contribution in [0.25, 0.3) is 0 Å². The van der Waals surface area contributed by atoms with E-state index >= 15 is 0 Å². The Balaban J connectivity index is 1.86. The van der Waals surface area contributed by atoms with Crippen molar-refractivity contribution in [2.45, 2.75) is 25.6 Å². The van der Waals surface area contributed by atoms with E-state index < -0.39 is 6.10 Å². The van der Waals surface area contributed by atoms with Crippen LogP contribution in [0.4, 0.5) is 0 Å². The molecule has 0 spiro atoms. The smallest absolute Gasteiger partial charge is 0.337 e. The summed E-state index contributed by atoms with van der Waals surface area (Å²) in [4.78, 5) is 23.8. The third-order valence-electron chi connectivity index (χ3n) is 4.89. The molecule has 2 saturated heterocycles. The van der Waals surface area contributed by atoms with Gasteiger partial charge in [0, 0.05) is 16.9 Å². The maximum Gasteiger partial charge on any atom is 0.337 e. The van der Waals surface area contributed by atoms with Gasteiger partial charge in [-0.1, -0.05) is 13.5 Å². The van der Waals surface area contributed by atoms with Crippen LogP contribution in [-0.2, 0) is 23.8 Å². The number of carbonyl (C=O) groups is 2. The molecule has 0 amide bonds. The van der Waals surface area contributed by atoms with Gasteiger partial charge in [-0.05, 0) is 12.5 Å². The van der Waals surface area contributed by atoms with Crippen LogP contribution in [0, 0.1) is 17.3 Å². The van der Waals surface area contributed by atoms with Gasteiger partial charge in [0.05, 0.1) is 17.8 Å². The van der Waals surface area contributed by atoms with Gasteiger partial charge in [0.1, 0.15) is 18.5 Å². The van der Waals surface area contributed by atoms with Crippen molar-refractivity contribution in [3.05, 3.63) is 36.3 Å². The molecule has 4 aliphatic rings. The van der Waals surface area contributed by atoms with Crippen LogP contribution in [0.3, 0.4) is 0 Å². The predicted molar refractivity (Wildman–Crippen MR) is 66.9 cm³/mol. The van der Waals surface area contributed by atoms with Crippen molar-refractivity contribution >= 4 is 11.9 Å². The van der Waals surface area contributed by atoms with Gasteiger partial charge in [0.25, 0.3) is 0 Å². The SMILES string of the molecule is C=C1C(=O)O[C@H]2C[C@@]3(C)C=COC=C4C(=O)O[C@@H]([C@@H]12)[C@H]43. The Labute approximate surface area is 115 Å². The fourth-order valence-corrected chi connectivity index (χ4v) is 3.96. The van der Waals surface area contributed by atoms with Crippen LogP contribution >= 0.6 is 0 Å². The predicted octanol–water partition coefficient (Wildman–Crippen LogP) is 1.46. The molecule has 5 heteroatoms. The molecule has 104 valence electrons. The number of allylic oxidation sites excluding steroid dienone is 1. The molecule has 20 heavy (non-hydrogen) atoms. The highest BCUT2D eigenvalue weighted by Crippen LogP contribution is 2.57. The Bertz CT molecular complexity index is 601. The first-order valence-corrected chi connectivity index (χ1v) is 6.65. The lowest BCUT2D eigenvalue weighted by atomic mass is 9.60. The van der Waals surface area contributed by atoms with Crippen molar-refractivity contribution in [1.82, 2.24) is 0 Å². The molecule has 0 aromatic heterocycles. The number of fused-ring (bicyclic) bond motifs is 2. The summed E-state index contributed by atoms with van der Waals surface area (Å²) in [5.41, 5.74) is 0.615. The summed E-state index contributed by atoms with van der Waals surface area (Å²) < 4.78 is 16.2. The van der Waals surface area contributed by atoms with Gasteiger partial charge < -0.3 is 14.2 Å². The molecule has 1 saturated carbocycles. The van der Waals surface area contributed by atoms with Crippen LogP contribution in [0.15, 0.2) is 36.3 Å². The Morgan fingerprint density at radius 3 is 2.90 bits per heavy atom. The molecule has 5 atom stereocenters. The van der Waals surface area contributed by atoms with Crippen molar-refractivity contribution in [2.24, 2.45) is 17.3 Å². The zero-order valence-corrected chi connectivity index (χ0v) is 11.0. The number of ether oxygens (including phenoxy) is 3. The first-order valence-electron chi connectivity index (χ1n) is 6.65. The Morgan fingerprint density at radius 1 is 1.30 bits per heavy atom. The molecule has 3 aliphatic heterocycles. The first-order chi connectivity index (χ1) is 9.51. The lowest BCUT2D eigenvalue weighted by Gasteiger charge is -2.43. The second-order valence-electron chi connectivity index (χ2n) is 6.06. The summed E-state index contributed by atoms with van der Waals surface area (Å²) in [7, 11) is 0. The van der Waals surface area contributed by atoms with Gasteiger partial charge in [0.15, 0.2) is 0 Å². The summed E-state index contributed by atoms with van der Waals surface area (Å²) in [6.45, 7) is 5.85. The van der Waals surface area contributed by atoms with E-state index in [1.165, 1.54) is 6.26 Å². The third kappa shape index (κ3) is 1.27. The zero-order chi connectivity index (χ0) is 14.1. The highest BCUT2D eigenvalue weighted by Gasteiger charge is 2.62. The average Bonchev–Trinajstić information content (AvgIpc) is 2.76. The van der Waals surface area contributed by atoms with E-state index in [1.54, 1.807) is 6.26 Å². The van der Waals surface area contributed by atoms with Crippen molar-refractivity contribution in [2.75, 3.05) is 0 Å². The van der Waals surface area contributed by atoms with Gasteiger partial charge in [0.2, 0.25) is 0 Å². The molecular weight excluding hydrogens is 260 g/mol. The third-order valence-corrected chi connectivity index (χ3v) is 4.89. The van der Waals surface area contributed by atoms with E-state index in [0.717, 1.165) is 0 Å². The maximum absolute atomic E-state index is 12.1. The van der Waals surface area contributed by atoms with Gasteiger partial charge in [-0.3, -0.25) is 0 Å². The first kappa shape index (κ1) is 11.8. The minimum absolute atomic E-state index is 0.124. The minimum Gasteiger partial charge on any atom is -0.472 e. The average molecular weight is 274 g/mol. The van der Waals surface area contributed by atoms with E-state index in [1.807, 2.05) is 13.0 Å². The fourth-order valence-electron chi connectivity index (χ4n) is 3.96. The Morgan fingerprint density at radius 2 is 2.10 bits per heavy atom. The van der Waals surface area contributed by atoms with Gasteiger partial charge in [-0.15, -0.1) is 0 Å². The van der Waals surface area contributed by atoms with E-state index in [-0.39, 0.29) is 35.3 Å². The standard InChI is InChI=1S/C15H14O5/c1-7-10-9(19-13(7)16)5-15(2)3-4-18-6-8-11(15)12(10)20-14(8)17/h3-4,6,9-12H,1,5H2,2H3/t9-,10-,11-,12-,15+/m0/s1. The summed E-state index contributed by atoms with van der Waals surface area (Å²) in [6.07, 6.45) is 4.93. The van der Waals surface area contributed by atoms with Crippen molar-refractivity contribution in [1.29, 1.82) is 0 Å². The van der Waals surface area contributed by atoms with E-state index in [9.17, 15) is 9.59 Å². The minimum atomic E-state index is -0.400. The highest BCUT2D eigenvalue weighted by atomic mass is 16.6. The topological polar surface area (TPSA) is 61.8 Å². The summed E-state index contributed by atoms with van der Waals surface area (Å²) >= 11 is 0. The van der Waals surface area contributed by atoms with Crippen molar-refractivity contribution in [3.8, 4) is 0 Å². The second-order valence-corrected chi connectivity index (χ2v) is 6.06. The van der Waals surface area contributed by atoms with Crippen molar-refractivity contribution in [3.63, 3.8) is 0 Å². The van der Waals surface area contributed by atoms with Crippen LogP contribution in [0.1, 0.15) is 13.3 Å². The lowest BCUT2D eigenvalue weighted by molar-refractivity contribution is -0.148. The molecule has 0 unspecified atom stereocenters. The Hall–Kier alpha value is -2.04. The number of hydrogen-bond acceptors (Lipinski definition) is 5. The quantitative estimate of drug-likeness (QED) is 0.494. The monoisotopic (exact) mass is 274 g/mol. The summed E-state index contributed by atoms with van der Waals surface area (Å²) in [5.74, 6) is -1.13. The molecular formula is C15H14O5. The molecule has 3 fully saturated rings. The number of esters is 2. The van der Waals surface area contributed by atoms with E-state index in [2.05, 4.69) is 6.58 Å². The lowest BCUT2D eigenvalue weighted by Crippen LogP contribution is -2.48. The maximum atomic E-state index is 12.1. The molecule has 0 radical (unpaired) electrons. The van der Waals surface area contributed by atoms with Crippen LogP contribution in [0.2, 0.25) is 0 Å². The second kappa shape index (κ2) is 3.53. The Kier molecular flexibility index (Phi) is 2.08. The number of rotatable bonds is 0. The van der Waals surface area contributed by atoms with E-state index in [4.69, 9.17) is 14.2 Å². The molecule has 0 bridgehead atoms. The van der Waals surface area contributed by atoms with Crippen molar-refractivity contribution < 1.29 is 23.8 Å². The molecule has 5 nitrogen and oxygen atoms in total. The van der Waals surface area contributed by atoms with Crippen LogP contribution in [-0.4, -0.2) is 24.1 Å². The molecule has 1 aliphatic carbocycles. The summed E-state index contributed by atoms with van der Waals surface area (Å²) in [6, 6.07) is 0. The number of hydrogen-bond donors (Lipinski definition) is 0. The van der Waals surface area contributed by atoms with Gasteiger partial charge in [-0.2, -0.15) is 0 Å². The summed E-state index contributed by atoms with van der Waals surface area (Å²) in [5, 5.41) is 0.